The van der Waals surface area contributed by atoms with Gasteiger partial charge in [-0.2, -0.15) is 0 Å². The van der Waals surface area contributed by atoms with E-state index in [1.54, 1.807) is 0 Å². The van der Waals surface area contributed by atoms with E-state index < -0.39 is 0 Å². The van der Waals surface area contributed by atoms with Crippen LogP contribution >= 0.6 is 24.0 Å². The maximum atomic E-state index is 11.9. The van der Waals surface area contributed by atoms with Crippen LogP contribution in [-0.4, -0.2) is 58.9 Å². The highest BCUT2D eigenvalue weighted by atomic mass is 32.2. The van der Waals surface area contributed by atoms with Gasteiger partial charge in [-0.15, -0.1) is 0 Å². The Morgan fingerprint density at radius 3 is 2.57 bits per heavy atom. The molecular formula is C22H23N5OS2. The number of amides is 1. The smallest absolute Gasteiger partial charge is 0.263 e. The van der Waals surface area contributed by atoms with Gasteiger partial charge in [-0.05, 0) is 62.1 Å². The molecule has 1 N–H and O–H groups in total. The average Bonchev–Trinajstić information content (AvgIpc) is 3.28. The standard InChI is InChI=1S/C22H23N5OS2/c1-25(2)10-11-26(3)16-5-7-17(8-6-16)27-14-23-18-9-4-15(12-19(18)27)13-20-21(28)24-22(29)30-20/h4-9,12-14H,10-11H2,1-3H3,(H,24,28,29). The summed E-state index contributed by atoms with van der Waals surface area (Å²) in [6.45, 7) is 1.97. The second kappa shape index (κ2) is 8.59. The summed E-state index contributed by atoms with van der Waals surface area (Å²) in [4.78, 5) is 21.5. The number of fused-ring (bicyclic) bond motifs is 1. The molecule has 1 aliphatic heterocycles. The van der Waals surface area contributed by atoms with Crippen molar-refractivity contribution in [1.29, 1.82) is 0 Å². The number of thioether (sulfide) groups is 1. The van der Waals surface area contributed by atoms with E-state index in [2.05, 4.69) is 70.1 Å². The molecular weight excluding hydrogens is 414 g/mol. The minimum atomic E-state index is -0.146. The van der Waals surface area contributed by atoms with E-state index in [4.69, 9.17) is 12.2 Å². The summed E-state index contributed by atoms with van der Waals surface area (Å²) < 4.78 is 2.56. The molecule has 1 amide bonds. The molecule has 0 radical (unpaired) electrons. The van der Waals surface area contributed by atoms with Gasteiger partial charge in [0.05, 0.1) is 15.9 Å². The third-order valence-electron chi connectivity index (χ3n) is 4.96. The van der Waals surface area contributed by atoms with Gasteiger partial charge in [0, 0.05) is 31.5 Å². The molecule has 3 aromatic rings. The first-order valence-electron chi connectivity index (χ1n) is 9.59. The Morgan fingerprint density at radius 2 is 1.90 bits per heavy atom. The van der Waals surface area contributed by atoms with Crippen molar-refractivity contribution in [2.24, 2.45) is 0 Å². The number of rotatable bonds is 6. The number of aromatic nitrogens is 2. The molecule has 154 valence electrons. The van der Waals surface area contributed by atoms with Crippen molar-refractivity contribution in [1.82, 2.24) is 19.8 Å². The summed E-state index contributed by atoms with van der Waals surface area (Å²) in [6.07, 6.45) is 3.69. The number of nitrogens with one attached hydrogen (secondary N) is 1. The Labute approximate surface area is 185 Å². The number of nitrogens with zero attached hydrogens (tertiary/aromatic N) is 4. The molecule has 1 aromatic heterocycles. The van der Waals surface area contributed by atoms with Crippen LogP contribution in [-0.2, 0) is 4.79 Å². The molecule has 2 heterocycles. The quantitative estimate of drug-likeness (QED) is 0.471. The third-order valence-corrected chi connectivity index (χ3v) is 6.13. The van der Waals surface area contributed by atoms with Crippen LogP contribution in [0.2, 0.25) is 0 Å². The lowest BCUT2D eigenvalue weighted by Gasteiger charge is -2.21. The second-order valence-electron chi connectivity index (χ2n) is 7.46. The molecule has 0 unspecified atom stereocenters. The van der Waals surface area contributed by atoms with Gasteiger partial charge in [-0.1, -0.05) is 30.0 Å². The predicted molar refractivity (Wildman–Crippen MR) is 129 cm³/mol. The van der Waals surface area contributed by atoms with E-state index in [0.29, 0.717) is 9.23 Å². The number of carbonyl (C=O) groups is 1. The van der Waals surface area contributed by atoms with Gasteiger partial charge < -0.3 is 15.1 Å². The number of thiocarbonyl (C=S) groups is 1. The fourth-order valence-corrected chi connectivity index (χ4v) is 4.28. The molecule has 6 nitrogen and oxygen atoms in total. The van der Waals surface area contributed by atoms with Crippen molar-refractivity contribution in [3.8, 4) is 5.69 Å². The summed E-state index contributed by atoms with van der Waals surface area (Å²) >= 11 is 6.35. The largest absolute Gasteiger partial charge is 0.373 e. The fourth-order valence-electron chi connectivity index (χ4n) is 3.24. The van der Waals surface area contributed by atoms with E-state index in [9.17, 15) is 4.79 Å². The second-order valence-corrected chi connectivity index (χ2v) is 9.18. The Hall–Kier alpha value is -2.68. The van der Waals surface area contributed by atoms with Gasteiger partial charge in [0.2, 0.25) is 0 Å². The van der Waals surface area contributed by atoms with E-state index in [1.165, 1.54) is 17.4 Å². The number of imidazole rings is 1. The molecule has 0 aliphatic carbocycles. The zero-order valence-electron chi connectivity index (χ0n) is 17.1. The first-order chi connectivity index (χ1) is 14.4. The SMILES string of the molecule is CN(C)CCN(C)c1ccc(-n2cnc3ccc(C=C4SC(=S)NC4=O)cc32)cc1. The van der Waals surface area contributed by atoms with Crippen molar-refractivity contribution >= 4 is 57.0 Å². The molecule has 1 saturated heterocycles. The zero-order valence-corrected chi connectivity index (χ0v) is 18.8. The minimum Gasteiger partial charge on any atom is -0.373 e. The number of hydrogen-bond acceptors (Lipinski definition) is 6. The van der Waals surface area contributed by atoms with Gasteiger partial charge in [0.15, 0.2) is 0 Å². The molecule has 4 rings (SSSR count). The van der Waals surface area contributed by atoms with Crippen molar-refractivity contribution in [2.45, 2.75) is 0 Å². The molecule has 0 bridgehead atoms. The fraction of sp³-hybridized carbons (Fsp3) is 0.227. The lowest BCUT2D eigenvalue weighted by molar-refractivity contribution is -0.115. The molecule has 0 atom stereocenters. The molecule has 30 heavy (non-hydrogen) atoms. The summed E-state index contributed by atoms with van der Waals surface area (Å²) in [7, 11) is 6.27. The van der Waals surface area contributed by atoms with Crippen LogP contribution in [0.4, 0.5) is 5.69 Å². The van der Waals surface area contributed by atoms with Crippen LogP contribution in [0.25, 0.3) is 22.8 Å². The monoisotopic (exact) mass is 437 g/mol. The van der Waals surface area contributed by atoms with Gasteiger partial charge in [-0.25, -0.2) is 4.98 Å². The first-order valence-corrected chi connectivity index (χ1v) is 10.8. The Morgan fingerprint density at radius 1 is 1.13 bits per heavy atom. The molecule has 8 heteroatoms. The lowest BCUT2D eigenvalue weighted by atomic mass is 10.1. The topological polar surface area (TPSA) is 53.4 Å². The summed E-state index contributed by atoms with van der Waals surface area (Å²) in [6, 6.07) is 14.4. The molecule has 1 aliphatic rings. The van der Waals surface area contributed by atoms with Crippen molar-refractivity contribution in [3.63, 3.8) is 0 Å². The highest BCUT2D eigenvalue weighted by Crippen LogP contribution is 2.28. The van der Waals surface area contributed by atoms with Gasteiger partial charge in [-0.3, -0.25) is 9.36 Å². The van der Waals surface area contributed by atoms with E-state index >= 15 is 0 Å². The van der Waals surface area contributed by atoms with E-state index in [0.717, 1.165) is 35.4 Å². The van der Waals surface area contributed by atoms with E-state index in [1.807, 2.05) is 30.6 Å². The molecule has 0 saturated carbocycles. The van der Waals surface area contributed by atoms with Crippen LogP contribution in [0.3, 0.4) is 0 Å². The number of anilines is 1. The first kappa shape index (κ1) is 20.6. The normalized spacial score (nSPS) is 15.4. The number of likely N-dealkylation sites (N-methyl/N-ethyl adjacent to an activating group) is 2. The third kappa shape index (κ3) is 4.40. The molecule has 1 fully saturated rings. The number of carbonyl (C=O) groups excluding carboxylic acids is 1. The van der Waals surface area contributed by atoms with Crippen LogP contribution in [0.5, 0.6) is 0 Å². The maximum absolute atomic E-state index is 11.9. The van der Waals surface area contributed by atoms with Crippen LogP contribution in [0.1, 0.15) is 5.56 Å². The predicted octanol–water partition coefficient (Wildman–Crippen LogP) is 3.51. The van der Waals surface area contributed by atoms with Crippen LogP contribution in [0.15, 0.2) is 53.7 Å². The Kier molecular flexibility index (Phi) is 5.90. The van der Waals surface area contributed by atoms with Gasteiger partial charge in [0.25, 0.3) is 5.91 Å². The highest BCUT2D eigenvalue weighted by molar-refractivity contribution is 8.26. The highest BCUT2D eigenvalue weighted by Gasteiger charge is 2.22. The Balaban J connectivity index is 1.61. The molecule has 0 spiro atoms. The summed E-state index contributed by atoms with van der Waals surface area (Å²) in [5, 5.41) is 2.65. The summed E-state index contributed by atoms with van der Waals surface area (Å²) in [5.74, 6) is -0.146. The Bertz CT molecular complexity index is 1130. The van der Waals surface area contributed by atoms with Crippen molar-refractivity contribution < 1.29 is 4.79 Å². The van der Waals surface area contributed by atoms with Crippen LogP contribution < -0.4 is 10.2 Å². The lowest BCUT2D eigenvalue weighted by Crippen LogP contribution is -2.28. The van der Waals surface area contributed by atoms with E-state index in [-0.39, 0.29) is 5.91 Å². The van der Waals surface area contributed by atoms with Crippen molar-refractivity contribution in [3.05, 3.63) is 59.3 Å². The minimum absolute atomic E-state index is 0.146. The number of hydrogen-bond donors (Lipinski definition) is 1. The average molecular weight is 438 g/mol. The molecule has 2 aromatic carbocycles. The van der Waals surface area contributed by atoms with Crippen LogP contribution in [0, 0.1) is 0 Å². The van der Waals surface area contributed by atoms with Gasteiger partial charge in [0.1, 0.15) is 10.6 Å². The zero-order chi connectivity index (χ0) is 21.3. The summed E-state index contributed by atoms with van der Waals surface area (Å²) in [5.41, 5.74) is 5.05. The number of benzene rings is 2. The van der Waals surface area contributed by atoms with Crippen molar-refractivity contribution in [2.75, 3.05) is 39.1 Å². The maximum Gasteiger partial charge on any atom is 0.263 e. The van der Waals surface area contributed by atoms with Gasteiger partial charge >= 0.3 is 0 Å².